The quantitative estimate of drug-likeness (QED) is 0.496. The number of hydrogen-bond donors (Lipinski definition) is 2. The van der Waals surface area contributed by atoms with E-state index in [-0.39, 0.29) is 23.9 Å². The molecular formula is C22H46N4O6+2. The smallest absolute Gasteiger partial charge is 0.280 e. The second-order valence-electron chi connectivity index (χ2n) is 8.07. The summed E-state index contributed by atoms with van der Waals surface area (Å²) in [4.78, 5) is 28.8. The molecule has 10 nitrogen and oxygen atoms in total. The van der Waals surface area contributed by atoms with Crippen molar-refractivity contribution >= 4 is 11.8 Å². The SMILES string of the molecule is CCCC([NH3+])C(=O)N1CCOCCOCCN(C(=O)C([NH3+])CCC)CCOCCOCC1. The van der Waals surface area contributed by atoms with Gasteiger partial charge in [-0.1, -0.05) is 13.8 Å². The second-order valence-corrected chi connectivity index (χ2v) is 8.07. The zero-order valence-corrected chi connectivity index (χ0v) is 20.2. The van der Waals surface area contributed by atoms with Gasteiger partial charge < -0.3 is 40.2 Å². The molecule has 1 fully saturated rings. The van der Waals surface area contributed by atoms with Gasteiger partial charge in [0, 0.05) is 39.0 Å². The lowest BCUT2D eigenvalue weighted by Crippen LogP contribution is -2.68. The van der Waals surface area contributed by atoms with Gasteiger partial charge in [-0.2, -0.15) is 0 Å². The number of nitrogens with zero attached hydrogens (tertiary/aromatic N) is 2. The van der Waals surface area contributed by atoms with E-state index in [1.54, 1.807) is 9.80 Å². The molecule has 0 bridgehead atoms. The third kappa shape index (κ3) is 12.1. The Labute approximate surface area is 192 Å². The van der Waals surface area contributed by atoms with Crippen molar-refractivity contribution in [3.63, 3.8) is 0 Å². The van der Waals surface area contributed by atoms with Crippen molar-refractivity contribution < 1.29 is 40.0 Å². The van der Waals surface area contributed by atoms with Crippen molar-refractivity contribution in [2.75, 3.05) is 79.0 Å². The highest BCUT2D eigenvalue weighted by molar-refractivity contribution is 5.80. The molecule has 10 heteroatoms. The van der Waals surface area contributed by atoms with Gasteiger partial charge >= 0.3 is 0 Å². The van der Waals surface area contributed by atoms with E-state index in [2.05, 4.69) is 25.3 Å². The summed E-state index contributed by atoms with van der Waals surface area (Å²) >= 11 is 0. The Morgan fingerprint density at radius 2 is 0.906 bits per heavy atom. The summed E-state index contributed by atoms with van der Waals surface area (Å²) in [6.45, 7) is 9.57. The minimum atomic E-state index is -0.245. The van der Waals surface area contributed by atoms with Crippen LogP contribution in [0, 0.1) is 0 Å². The lowest BCUT2D eigenvalue weighted by Gasteiger charge is -2.25. The van der Waals surface area contributed by atoms with E-state index >= 15 is 0 Å². The van der Waals surface area contributed by atoms with Gasteiger partial charge in [-0.3, -0.25) is 9.59 Å². The van der Waals surface area contributed by atoms with Gasteiger partial charge in [-0.15, -0.1) is 0 Å². The average Bonchev–Trinajstić information content (AvgIpc) is 2.78. The highest BCUT2D eigenvalue weighted by Gasteiger charge is 2.24. The van der Waals surface area contributed by atoms with Gasteiger partial charge in [-0.05, 0) is 12.8 Å². The minimum Gasteiger partial charge on any atom is -0.377 e. The van der Waals surface area contributed by atoms with Crippen LogP contribution in [0.1, 0.15) is 39.5 Å². The van der Waals surface area contributed by atoms with Gasteiger partial charge in [0.2, 0.25) is 0 Å². The molecule has 188 valence electrons. The molecule has 6 N–H and O–H groups in total. The fourth-order valence-electron chi connectivity index (χ4n) is 3.47. The fraction of sp³-hybridized carbons (Fsp3) is 0.909. The van der Waals surface area contributed by atoms with Crippen molar-refractivity contribution in [3.8, 4) is 0 Å². The first-order chi connectivity index (χ1) is 15.5. The zero-order valence-electron chi connectivity index (χ0n) is 20.2. The molecule has 0 saturated carbocycles. The molecule has 0 aliphatic carbocycles. The molecule has 1 saturated heterocycles. The molecule has 32 heavy (non-hydrogen) atoms. The third-order valence-electron chi connectivity index (χ3n) is 5.36. The van der Waals surface area contributed by atoms with E-state index < -0.39 is 0 Å². The molecule has 0 radical (unpaired) electrons. The monoisotopic (exact) mass is 462 g/mol. The van der Waals surface area contributed by atoms with Crippen LogP contribution in [-0.4, -0.2) is 113 Å². The second kappa shape index (κ2) is 18.2. The molecule has 1 aliphatic rings. The van der Waals surface area contributed by atoms with Crippen molar-refractivity contribution in [2.45, 2.75) is 51.6 Å². The predicted octanol–water partition coefficient (Wildman–Crippen LogP) is -1.46. The van der Waals surface area contributed by atoms with E-state index in [0.29, 0.717) is 79.0 Å². The maximum Gasteiger partial charge on any atom is 0.280 e. The summed E-state index contributed by atoms with van der Waals surface area (Å²) < 4.78 is 22.6. The summed E-state index contributed by atoms with van der Waals surface area (Å²) in [5.41, 5.74) is 7.99. The van der Waals surface area contributed by atoms with Gasteiger partial charge in [0.15, 0.2) is 12.1 Å². The summed E-state index contributed by atoms with van der Waals surface area (Å²) in [5, 5.41) is 0. The maximum atomic E-state index is 12.7. The molecule has 0 aromatic carbocycles. The number of hydrogen-bond acceptors (Lipinski definition) is 6. The zero-order chi connectivity index (χ0) is 23.6. The standard InChI is InChI=1S/C22H44N4O6/c1-3-5-19(23)21(27)25-7-11-29-15-17-31-13-9-26(22(28)20(24)6-4-2)10-14-32-18-16-30-12-8-25/h19-20H,3-18,23-24H2,1-2H3/p+2. The van der Waals surface area contributed by atoms with Crippen LogP contribution in [-0.2, 0) is 28.5 Å². The Hall–Kier alpha value is -1.30. The summed E-state index contributed by atoms with van der Waals surface area (Å²) in [5.74, 6) is 0.0787. The Morgan fingerprint density at radius 3 is 1.16 bits per heavy atom. The fourth-order valence-corrected chi connectivity index (χ4v) is 3.47. The molecule has 0 aromatic heterocycles. The first-order valence-corrected chi connectivity index (χ1v) is 12.1. The molecule has 2 unspecified atom stereocenters. The Morgan fingerprint density at radius 1 is 0.625 bits per heavy atom. The van der Waals surface area contributed by atoms with Crippen molar-refractivity contribution in [1.29, 1.82) is 0 Å². The van der Waals surface area contributed by atoms with Gasteiger partial charge in [0.1, 0.15) is 0 Å². The topological polar surface area (TPSA) is 133 Å². The molecular weight excluding hydrogens is 416 g/mol. The minimum absolute atomic E-state index is 0.0394. The largest absolute Gasteiger partial charge is 0.377 e. The number of carbonyl (C=O) groups excluding carboxylic acids is 2. The summed E-state index contributed by atoms with van der Waals surface area (Å²) in [6, 6.07) is -0.490. The van der Waals surface area contributed by atoms with Crippen LogP contribution in [0.2, 0.25) is 0 Å². The van der Waals surface area contributed by atoms with Crippen LogP contribution < -0.4 is 11.5 Å². The maximum absolute atomic E-state index is 12.7. The number of quaternary nitrogens is 2. The van der Waals surface area contributed by atoms with E-state index in [4.69, 9.17) is 18.9 Å². The van der Waals surface area contributed by atoms with Crippen LogP contribution in [0.5, 0.6) is 0 Å². The van der Waals surface area contributed by atoms with Crippen molar-refractivity contribution in [2.24, 2.45) is 0 Å². The van der Waals surface area contributed by atoms with Crippen LogP contribution in [0.3, 0.4) is 0 Å². The molecule has 2 atom stereocenters. The van der Waals surface area contributed by atoms with E-state index in [1.165, 1.54) is 0 Å². The van der Waals surface area contributed by atoms with Crippen LogP contribution in [0.15, 0.2) is 0 Å². The highest BCUT2D eigenvalue weighted by atomic mass is 16.5. The van der Waals surface area contributed by atoms with Crippen LogP contribution >= 0.6 is 0 Å². The first-order valence-electron chi connectivity index (χ1n) is 12.1. The normalized spacial score (nSPS) is 20.8. The number of rotatable bonds is 6. The predicted molar refractivity (Wildman–Crippen MR) is 120 cm³/mol. The van der Waals surface area contributed by atoms with E-state index in [9.17, 15) is 9.59 Å². The van der Waals surface area contributed by atoms with Crippen molar-refractivity contribution in [1.82, 2.24) is 9.80 Å². The molecule has 1 rings (SSSR count). The first kappa shape index (κ1) is 28.7. The Balaban J connectivity index is 2.55. The summed E-state index contributed by atoms with van der Waals surface area (Å²) in [7, 11) is 0. The lowest BCUT2D eigenvalue weighted by molar-refractivity contribution is -0.407. The van der Waals surface area contributed by atoms with Gasteiger partial charge in [0.25, 0.3) is 11.8 Å². The highest BCUT2D eigenvalue weighted by Crippen LogP contribution is 2.02. The number of carbonyl (C=O) groups is 2. The number of ether oxygens (including phenoxy) is 4. The molecule has 0 aromatic rings. The molecule has 1 aliphatic heterocycles. The van der Waals surface area contributed by atoms with E-state index in [0.717, 1.165) is 25.7 Å². The Kier molecular flexibility index (Phi) is 16.3. The lowest BCUT2D eigenvalue weighted by atomic mass is 10.1. The third-order valence-corrected chi connectivity index (χ3v) is 5.36. The molecule has 2 amide bonds. The van der Waals surface area contributed by atoms with Crippen LogP contribution in [0.25, 0.3) is 0 Å². The number of amides is 2. The molecule has 0 spiro atoms. The molecule has 1 heterocycles. The average molecular weight is 463 g/mol. The van der Waals surface area contributed by atoms with Crippen molar-refractivity contribution in [3.05, 3.63) is 0 Å². The van der Waals surface area contributed by atoms with E-state index in [1.807, 2.05) is 0 Å². The summed E-state index contributed by atoms with van der Waals surface area (Å²) in [6.07, 6.45) is 3.38. The van der Waals surface area contributed by atoms with Gasteiger partial charge in [0.05, 0.1) is 52.9 Å². The van der Waals surface area contributed by atoms with Gasteiger partial charge in [-0.25, -0.2) is 0 Å². The Bertz CT molecular complexity index is 447. The van der Waals surface area contributed by atoms with Crippen LogP contribution in [0.4, 0.5) is 0 Å².